The van der Waals surface area contributed by atoms with E-state index >= 15 is 0 Å². The van der Waals surface area contributed by atoms with Crippen molar-refractivity contribution in [1.82, 2.24) is 14.7 Å². The van der Waals surface area contributed by atoms with Gasteiger partial charge >= 0.3 is 0 Å². The lowest BCUT2D eigenvalue weighted by Crippen LogP contribution is -2.57. The number of aliphatic hydroxyl groups excluding tert-OH is 1. The van der Waals surface area contributed by atoms with Crippen LogP contribution in [0.1, 0.15) is 71.6 Å². The highest BCUT2D eigenvalue weighted by Gasteiger charge is 2.76. The van der Waals surface area contributed by atoms with E-state index in [9.17, 15) is 14.4 Å². The summed E-state index contributed by atoms with van der Waals surface area (Å²) in [7, 11) is 0. The molecule has 3 amide bonds. The summed E-state index contributed by atoms with van der Waals surface area (Å²) in [6.07, 6.45) is 10.4. The van der Waals surface area contributed by atoms with Gasteiger partial charge in [0.2, 0.25) is 17.7 Å². The normalized spacial score (nSPS) is 29.0. The number of rotatable bonds is 18. The summed E-state index contributed by atoms with van der Waals surface area (Å²) < 4.78 is 6.68. The number of alkyl halides is 1. The van der Waals surface area contributed by atoms with E-state index < -0.39 is 29.6 Å². The molecule has 8 nitrogen and oxygen atoms in total. The van der Waals surface area contributed by atoms with Gasteiger partial charge in [-0.2, -0.15) is 0 Å². The zero-order valence-corrected chi connectivity index (χ0v) is 25.4. The summed E-state index contributed by atoms with van der Waals surface area (Å²) >= 11 is 3.77. The van der Waals surface area contributed by atoms with Crippen LogP contribution in [-0.4, -0.2) is 99.4 Å². The molecule has 3 aliphatic rings. The van der Waals surface area contributed by atoms with Crippen LogP contribution in [0.15, 0.2) is 25.3 Å². The molecule has 0 saturated carbocycles. The topological polar surface area (TPSA) is 90.4 Å². The van der Waals surface area contributed by atoms with E-state index in [-0.39, 0.29) is 29.2 Å². The second kappa shape index (κ2) is 14.8. The van der Waals surface area contributed by atoms with Crippen LogP contribution in [0.2, 0.25) is 0 Å². The molecule has 1 N–H and O–H groups in total. The number of fused-ring (bicyclic) bond motifs is 1. The lowest BCUT2D eigenvalue weighted by Gasteiger charge is -2.37. The molecule has 220 valence electrons. The van der Waals surface area contributed by atoms with E-state index in [4.69, 9.17) is 9.84 Å². The molecule has 3 unspecified atom stereocenters. The van der Waals surface area contributed by atoms with Gasteiger partial charge in [-0.25, -0.2) is 0 Å². The van der Waals surface area contributed by atoms with E-state index in [2.05, 4.69) is 36.0 Å². The average molecular weight is 611 g/mol. The van der Waals surface area contributed by atoms with Gasteiger partial charge in [0.1, 0.15) is 11.6 Å². The highest BCUT2D eigenvalue weighted by Crippen LogP contribution is 2.60. The smallest absolute Gasteiger partial charge is 0.248 e. The molecule has 3 rings (SSSR count). The SMILES string of the molecule is C=CCN(CCCCC)C(=O)C1N(CCCCCCO)C(=O)[C@@H]2[C@H](C(=O)N(CC=C)CCC)[C@H]3OC12CC3Br. The van der Waals surface area contributed by atoms with Crippen molar-refractivity contribution in [2.24, 2.45) is 11.8 Å². The van der Waals surface area contributed by atoms with Gasteiger partial charge in [-0.1, -0.05) is 67.6 Å². The lowest BCUT2D eigenvalue weighted by atomic mass is 9.70. The molecule has 2 bridgehead atoms. The van der Waals surface area contributed by atoms with E-state index in [1.807, 2.05) is 11.8 Å². The molecule has 39 heavy (non-hydrogen) atoms. The zero-order valence-electron chi connectivity index (χ0n) is 23.9. The van der Waals surface area contributed by atoms with E-state index in [0.29, 0.717) is 39.1 Å². The number of amides is 3. The number of ether oxygens (including phenoxy) is 1. The third-order valence-corrected chi connectivity index (χ3v) is 9.31. The van der Waals surface area contributed by atoms with Crippen molar-refractivity contribution in [2.45, 2.75) is 94.2 Å². The number of likely N-dealkylation sites (tertiary alicyclic amines) is 1. The quantitative estimate of drug-likeness (QED) is 0.144. The number of unbranched alkanes of at least 4 members (excludes halogenated alkanes) is 5. The Morgan fingerprint density at radius 2 is 1.69 bits per heavy atom. The highest BCUT2D eigenvalue weighted by atomic mass is 79.9. The Morgan fingerprint density at radius 3 is 2.31 bits per heavy atom. The molecule has 6 atom stereocenters. The van der Waals surface area contributed by atoms with Gasteiger partial charge in [0, 0.05) is 44.2 Å². The van der Waals surface area contributed by atoms with Crippen molar-refractivity contribution in [3.8, 4) is 0 Å². The van der Waals surface area contributed by atoms with Gasteiger partial charge in [0.25, 0.3) is 0 Å². The number of hydrogen-bond acceptors (Lipinski definition) is 5. The number of aliphatic hydroxyl groups is 1. The molecule has 1 spiro atoms. The molecule has 3 saturated heterocycles. The van der Waals surface area contributed by atoms with Gasteiger partial charge in [-0.05, 0) is 32.1 Å². The first kappa shape index (κ1) is 31.8. The Bertz CT molecular complexity index is 885. The van der Waals surface area contributed by atoms with E-state index in [0.717, 1.165) is 51.4 Å². The molecule has 0 aliphatic carbocycles. The van der Waals surface area contributed by atoms with Crippen molar-refractivity contribution in [1.29, 1.82) is 0 Å². The molecule has 0 aromatic carbocycles. The maximum atomic E-state index is 14.3. The predicted molar refractivity (Wildman–Crippen MR) is 156 cm³/mol. The number of carbonyl (C=O) groups is 3. The van der Waals surface area contributed by atoms with Crippen LogP contribution in [0.5, 0.6) is 0 Å². The third-order valence-electron chi connectivity index (χ3n) is 8.46. The maximum Gasteiger partial charge on any atom is 0.248 e. The molecular formula is C30H48BrN3O5. The van der Waals surface area contributed by atoms with Crippen LogP contribution in [0, 0.1) is 11.8 Å². The second-order valence-corrected chi connectivity index (χ2v) is 12.4. The van der Waals surface area contributed by atoms with Crippen LogP contribution in [0.3, 0.4) is 0 Å². The third kappa shape index (κ3) is 6.46. The van der Waals surface area contributed by atoms with Crippen LogP contribution in [0.4, 0.5) is 0 Å². The van der Waals surface area contributed by atoms with Gasteiger partial charge in [0.15, 0.2) is 0 Å². The summed E-state index contributed by atoms with van der Waals surface area (Å²) in [4.78, 5) is 47.7. The molecule has 0 aromatic rings. The fourth-order valence-corrected chi connectivity index (χ4v) is 7.72. The molecule has 9 heteroatoms. The summed E-state index contributed by atoms with van der Waals surface area (Å²) in [5, 5.41) is 9.16. The average Bonchev–Trinajstić information content (AvgIpc) is 3.50. The summed E-state index contributed by atoms with van der Waals surface area (Å²) in [5.41, 5.74) is -1.03. The zero-order chi connectivity index (χ0) is 28.6. The first-order chi connectivity index (χ1) is 18.8. The van der Waals surface area contributed by atoms with Crippen LogP contribution in [0.25, 0.3) is 0 Å². The Hall–Kier alpha value is -1.71. The standard InChI is InChI=1S/C30H48BrN3O5/c1-5-9-12-18-33(17-8-4)29(38)26-30-21-22(31)25(39-30)23(27(36)32(15-6-2)16-7-3)24(30)28(37)34(26)19-13-10-11-14-20-35/h6,8,22-26,35H,2,4-5,7,9-21H2,1,3H3/t22?,23-,24-,25-,26?,30?/m0/s1. The molecule has 3 aliphatic heterocycles. The summed E-state index contributed by atoms with van der Waals surface area (Å²) in [6, 6.07) is -0.767. The highest BCUT2D eigenvalue weighted by molar-refractivity contribution is 9.09. The molecule has 3 heterocycles. The largest absolute Gasteiger partial charge is 0.396 e. The fraction of sp³-hybridized carbons (Fsp3) is 0.767. The van der Waals surface area contributed by atoms with Crippen LogP contribution in [-0.2, 0) is 19.1 Å². The number of halogens is 1. The fourth-order valence-electron chi connectivity index (χ4n) is 6.78. The van der Waals surface area contributed by atoms with E-state index in [1.165, 1.54) is 0 Å². The Labute approximate surface area is 242 Å². The van der Waals surface area contributed by atoms with Crippen molar-refractivity contribution >= 4 is 33.7 Å². The van der Waals surface area contributed by atoms with E-state index in [1.54, 1.807) is 22.0 Å². The molecule has 0 aromatic heterocycles. The minimum atomic E-state index is -1.03. The number of carbonyl (C=O) groups excluding carboxylic acids is 3. The monoisotopic (exact) mass is 609 g/mol. The van der Waals surface area contributed by atoms with Crippen molar-refractivity contribution in [3.05, 3.63) is 25.3 Å². The summed E-state index contributed by atoms with van der Waals surface area (Å²) in [6.45, 7) is 14.4. The second-order valence-electron chi connectivity index (χ2n) is 11.2. The molecule has 0 radical (unpaired) electrons. The minimum absolute atomic E-state index is 0.0898. The van der Waals surface area contributed by atoms with Crippen molar-refractivity contribution < 1.29 is 24.2 Å². The van der Waals surface area contributed by atoms with Crippen molar-refractivity contribution in [2.75, 3.05) is 39.3 Å². The maximum absolute atomic E-state index is 14.3. The molecular weight excluding hydrogens is 562 g/mol. The first-order valence-electron chi connectivity index (χ1n) is 14.8. The van der Waals surface area contributed by atoms with Gasteiger partial charge < -0.3 is 24.5 Å². The predicted octanol–water partition coefficient (Wildman–Crippen LogP) is 3.92. The Kier molecular flexibility index (Phi) is 12.1. The summed E-state index contributed by atoms with van der Waals surface area (Å²) in [5.74, 6) is -1.65. The number of nitrogens with zero attached hydrogens (tertiary/aromatic N) is 3. The number of hydrogen-bond donors (Lipinski definition) is 1. The van der Waals surface area contributed by atoms with Gasteiger partial charge in [-0.3, -0.25) is 14.4 Å². The lowest BCUT2D eigenvalue weighted by molar-refractivity contribution is -0.148. The van der Waals surface area contributed by atoms with Gasteiger partial charge in [0.05, 0.1) is 17.9 Å². The first-order valence-corrected chi connectivity index (χ1v) is 15.8. The van der Waals surface area contributed by atoms with Gasteiger partial charge in [-0.15, -0.1) is 13.2 Å². The molecule has 3 fully saturated rings. The van der Waals surface area contributed by atoms with Crippen molar-refractivity contribution in [3.63, 3.8) is 0 Å². The Balaban J connectivity index is 1.98. The van der Waals surface area contributed by atoms with Crippen LogP contribution < -0.4 is 0 Å². The minimum Gasteiger partial charge on any atom is -0.396 e. The van der Waals surface area contributed by atoms with Crippen LogP contribution >= 0.6 is 15.9 Å². The Morgan fingerprint density at radius 1 is 1.03 bits per heavy atom.